The number of alkyl halides is 1. The Balaban J connectivity index is 1.79. The fourth-order valence-corrected chi connectivity index (χ4v) is 3.33. The molecule has 0 aromatic heterocycles. The monoisotopic (exact) mass is 386 g/mol. The van der Waals surface area contributed by atoms with Crippen molar-refractivity contribution in [2.75, 3.05) is 6.61 Å². The Morgan fingerprint density at radius 1 is 1.24 bits per heavy atom. The second kappa shape index (κ2) is 6.47. The number of rotatable bonds is 4. The molecule has 110 valence electrons. The van der Waals surface area contributed by atoms with Crippen LogP contribution in [0.4, 0.5) is 0 Å². The van der Waals surface area contributed by atoms with Crippen molar-refractivity contribution in [1.29, 1.82) is 0 Å². The molecule has 2 aromatic carbocycles. The van der Waals surface area contributed by atoms with Crippen LogP contribution in [-0.4, -0.2) is 6.61 Å². The Morgan fingerprint density at radius 3 is 2.86 bits per heavy atom. The lowest BCUT2D eigenvalue weighted by Crippen LogP contribution is -1.99. The lowest BCUT2D eigenvalue weighted by molar-refractivity contribution is 0.292. The second-order valence-electron chi connectivity index (χ2n) is 4.84. The van der Waals surface area contributed by atoms with E-state index in [1.165, 1.54) is 5.56 Å². The normalized spacial score (nSPS) is 12.9. The number of hydrogen-bond donors (Lipinski definition) is 0. The van der Waals surface area contributed by atoms with E-state index in [4.69, 9.17) is 32.7 Å². The van der Waals surface area contributed by atoms with Gasteiger partial charge in [-0.2, -0.15) is 0 Å². The lowest BCUT2D eigenvalue weighted by atomic mass is 10.1. The fourth-order valence-electron chi connectivity index (χ4n) is 2.35. The minimum atomic E-state index is 0.418. The molecule has 0 fully saturated rings. The Kier molecular flexibility index (Phi) is 4.63. The third kappa shape index (κ3) is 3.31. The molecule has 0 saturated heterocycles. The standard InChI is InChI=1S/C16H13BrCl2O2/c17-13-6-11-3-4-20-16(11)12(7-13)9-21-15-2-1-10(8-18)5-14(15)19/h1-2,5-7H,3-4,8-9H2. The van der Waals surface area contributed by atoms with Gasteiger partial charge in [0, 0.05) is 22.3 Å². The molecule has 0 bridgehead atoms. The molecule has 1 aliphatic heterocycles. The summed E-state index contributed by atoms with van der Waals surface area (Å²) in [4.78, 5) is 0. The molecule has 1 heterocycles. The van der Waals surface area contributed by atoms with Gasteiger partial charge in [-0.3, -0.25) is 0 Å². The van der Waals surface area contributed by atoms with Crippen LogP contribution in [0.5, 0.6) is 11.5 Å². The molecule has 0 radical (unpaired) electrons. The third-order valence-electron chi connectivity index (χ3n) is 3.36. The van der Waals surface area contributed by atoms with E-state index in [1.807, 2.05) is 24.3 Å². The molecule has 0 aliphatic carbocycles. The number of fused-ring (bicyclic) bond motifs is 1. The van der Waals surface area contributed by atoms with Crippen molar-refractivity contribution in [2.24, 2.45) is 0 Å². The average molecular weight is 388 g/mol. The Hall–Kier alpha value is -0.900. The molecule has 2 aromatic rings. The third-order valence-corrected chi connectivity index (χ3v) is 4.42. The highest BCUT2D eigenvalue weighted by molar-refractivity contribution is 9.10. The average Bonchev–Trinajstić information content (AvgIpc) is 2.93. The van der Waals surface area contributed by atoms with Crippen LogP contribution < -0.4 is 9.47 Å². The maximum absolute atomic E-state index is 6.20. The van der Waals surface area contributed by atoms with Crippen LogP contribution in [0.1, 0.15) is 16.7 Å². The van der Waals surface area contributed by atoms with Crippen molar-refractivity contribution in [1.82, 2.24) is 0 Å². The SMILES string of the molecule is ClCc1ccc(OCc2cc(Br)cc3c2OCC3)c(Cl)c1. The highest BCUT2D eigenvalue weighted by Gasteiger charge is 2.18. The highest BCUT2D eigenvalue weighted by Crippen LogP contribution is 2.34. The number of hydrogen-bond acceptors (Lipinski definition) is 2. The zero-order chi connectivity index (χ0) is 14.8. The van der Waals surface area contributed by atoms with E-state index in [-0.39, 0.29) is 0 Å². The summed E-state index contributed by atoms with van der Waals surface area (Å²) in [5.74, 6) is 2.02. The molecule has 0 saturated carbocycles. The summed E-state index contributed by atoms with van der Waals surface area (Å²) in [6, 6.07) is 9.69. The fraction of sp³-hybridized carbons (Fsp3) is 0.250. The number of halogens is 3. The van der Waals surface area contributed by atoms with Crippen molar-refractivity contribution in [3.05, 3.63) is 56.5 Å². The van der Waals surface area contributed by atoms with Gasteiger partial charge in [0.1, 0.15) is 18.1 Å². The van der Waals surface area contributed by atoms with Crippen molar-refractivity contribution in [3.8, 4) is 11.5 Å². The number of benzene rings is 2. The molecule has 2 nitrogen and oxygen atoms in total. The summed E-state index contributed by atoms with van der Waals surface area (Å²) in [6.07, 6.45) is 0.937. The van der Waals surface area contributed by atoms with Crippen LogP contribution in [0.25, 0.3) is 0 Å². The van der Waals surface area contributed by atoms with Crippen LogP contribution in [0.3, 0.4) is 0 Å². The van der Waals surface area contributed by atoms with Crippen LogP contribution in [0, 0.1) is 0 Å². The molecular formula is C16H13BrCl2O2. The van der Waals surface area contributed by atoms with E-state index in [0.29, 0.717) is 23.3 Å². The van der Waals surface area contributed by atoms with Gasteiger partial charge in [-0.15, -0.1) is 11.6 Å². The summed E-state index contributed by atoms with van der Waals surface area (Å²) in [6.45, 7) is 1.14. The lowest BCUT2D eigenvalue weighted by Gasteiger charge is -2.12. The molecule has 0 spiro atoms. The Labute approximate surface area is 142 Å². The van der Waals surface area contributed by atoms with E-state index in [9.17, 15) is 0 Å². The first-order valence-corrected chi connectivity index (χ1v) is 8.29. The van der Waals surface area contributed by atoms with E-state index in [1.54, 1.807) is 0 Å². The number of ether oxygens (including phenoxy) is 2. The van der Waals surface area contributed by atoms with Gasteiger partial charge in [0.15, 0.2) is 0 Å². The van der Waals surface area contributed by atoms with E-state index < -0.39 is 0 Å². The molecule has 3 rings (SSSR count). The topological polar surface area (TPSA) is 18.5 Å². The van der Waals surface area contributed by atoms with E-state index >= 15 is 0 Å². The van der Waals surface area contributed by atoms with Gasteiger partial charge >= 0.3 is 0 Å². The maximum atomic E-state index is 6.20. The minimum absolute atomic E-state index is 0.418. The van der Waals surface area contributed by atoms with Gasteiger partial charge in [-0.1, -0.05) is 33.6 Å². The van der Waals surface area contributed by atoms with E-state index in [2.05, 4.69) is 22.0 Å². The van der Waals surface area contributed by atoms with Gasteiger partial charge in [-0.05, 0) is 35.4 Å². The van der Waals surface area contributed by atoms with Crippen LogP contribution in [-0.2, 0) is 18.9 Å². The quantitative estimate of drug-likeness (QED) is 0.658. The van der Waals surface area contributed by atoms with Crippen molar-refractivity contribution < 1.29 is 9.47 Å². The van der Waals surface area contributed by atoms with Gasteiger partial charge in [0.25, 0.3) is 0 Å². The Morgan fingerprint density at radius 2 is 2.10 bits per heavy atom. The molecule has 0 amide bonds. The first-order valence-electron chi connectivity index (χ1n) is 6.58. The van der Waals surface area contributed by atoms with Crippen LogP contribution >= 0.6 is 39.1 Å². The molecule has 0 N–H and O–H groups in total. The Bertz CT molecular complexity index is 674. The van der Waals surface area contributed by atoms with Crippen LogP contribution in [0.15, 0.2) is 34.8 Å². The predicted molar refractivity (Wildman–Crippen MR) is 88.7 cm³/mol. The zero-order valence-electron chi connectivity index (χ0n) is 11.2. The minimum Gasteiger partial charge on any atom is -0.493 e. The maximum Gasteiger partial charge on any atom is 0.138 e. The van der Waals surface area contributed by atoms with Crippen molar-refractivity contribution in [2.45, 2.75) is 18.9 Å². The first-order chi connectivity index (χ1) is 10.2. The van der Waals surface area contributed by atoms with Gasteiger partial charge in [0.05, 0.1) is 11.6 Å². The smallest absolute Gasteiger partial charge is 0.138 e. The summed E-state index contributed by atoms with van der Waals surface area (Å²) in [7, 11) is 0. The molecule has 1 aliphatic rings. The largest absolute Gasteiger partial charge is 0.493 e. The van der Waals surface area contributed by atoms with E-state index in [0.717, 1.165) is 34.4 Å². The second-order valence-corrected chi connectivity index (χ2v) is 6.43. The molecular weight excluding hydrogens is 375 g/mol. The van der Waals surface area contributed by atoms with Crippen LogP contribution in [0.2, 0.25) is 5.02 Å². The summed E-state index contributed by atoms with van der Waals surface area (Å²) >= 11 is 15.5. The predicted octanol–water partition coefficient (Wildman–Crippen LogP) is 5.36. The molecule has 0 atom stereocenters. The van der Waals surface area contributed by atoms with Gasteiger partial charge in [-0.25, -0.2) is 0 Å². The summed E-state index contributed by atoms with van der Waals surface area (Å²) in [5, 5.41) is 0.570. The van der Waals surface area contributed by atoms with Crippen molar-refractivity contribution in [3.63, 3.8) is 0 Å². The highest BCUT2D eigenvalue weighted by atomic mass is 79.9. The molecule has 5 heteroatoms. The van der Waals surface area contributed by atoms with Gasteiger partial charge in [0.2, 0.25) is 0 Å². The van der Waals surface area contributed by atoms with Crippen molar-refractivity contribution >= 4 is 39.1 Å². The summed E-state index contributed by atoms with van der Waals surface area (Å²) in [5.41, 5.74) is 3.21. The summed E-state index contributed by atoms with van der Waals surface area (Å²) < 4.78 is 12.6. The van der Waals surface area contributed by atoms with Gasteiger partial charge < -0.3 is 9.47 Å². The zero-order valence-corrected chi connectivity index (χ0v) is 14.3. The molecule has 0 unspecified atom stereocenters. The first kappa shape index (κ1) is 15.0. The molecule has 21 heavy (non-hydrogen) atoms.